The number of likely N-dealkylation sites (tertiary alicyclic amines) is 1. The smallest absolute Gasteiger partial charge is 0.326 e. The number of carbonyl (C=O) groups excluding carboxylic acids is 1. The van der Waals surface area contributed by atoms with Crippen LogP contribution < -0.4 is 5.73 Å². The first kappa shape index (κ1) is 10.8. The first-order chi connectivity index (χ1) is 7.00. The van der Waals surface area contributed by atoms with Crippen LogP contribution in [0, 0.1) is 0 Å². The third-order valence-corrected chi connectivity index (χ3v) is 3.42. The highest BCUT2D eigenvalue weighted by molar-refractivity contribution is 5.85. The van der Waals surface area contributed by atoms with Gasteiger partial charge in [0.15, 0.2) is 0 Å². The molecule has 0 unspecified atom stereocenters. The quantitative estimate of drug-likeness (QED) is 0.717. The van der Waals surface area contributed by atoms with Gasteiger partial charge in [-0.3, -0.25) is 4.79 Å². The van der Waals surface area contributed by atoms with Crippen LogP contribution in [0.3, 0.4) is 0 Å². The van der Waals surface area contributed by atoms with Crippen molar-refractivity contribution in [1.82, 2.24) is 4.90 Å². The van der Waals surface area contributed by atoms with Gasteiger partial charge in [-0.05, 0) is 25.7 Å². The maximum absolute atomic E-state index is 13.0. The van der Waals surface area contributed by atoms with Crippen molar-refractivity contribution >= 4 is 5.91 Å². The van der Waals surface area contributed by atoms with Gasteiger partial charge < -0.3 is 10.6 Å². The molecule has 0 atom stereocenters. The summed E-state index contributed by atoms with van der Waals surface area (Å²) in [6.45, 7) is 0.200. The van der Waals surface area contributed by atoms with Crippen LogP contribution in [0.4, 0.5) is 8.78 Å². The summed E-state index contributed by atoms with van der Waals surface area (Å²) in [5.74, 6) is -4.11. The zero-order chi connectivity index (χ0) is 11.1. The van der Waals surface area contributed by atoms with Gasteiger partial charge in [0.1, 0.15) is 0 Å². The Morgan fingerprint density at radius 1 is 1.27 bits per heavy atom. The molecule has 2 fully saturated rings. The lowest BCUT2D eigenvalue weighted by molar-refractivity contribution is -0.150. The summed E-state index contributed by atoms with van der Waals surface area (Å²) in [6.07, 6.45) is 2.88. The molecule has 1 saturated carbocycles. The summed E-state index contributed by atoms with van der Waals surface area (Å²) in [5, 5.41) is 0. The lowest BCUT2D eigenvalue weighted by Gasteiger charge is -2.33. The van der Waals surface area contributed by atoms with E-state index in [0.29, 0.717) is 0 Å². The van der Waals surface area contributed by atoms with E-state index >= 15 is 0 Å². The summed E-state index contributed by atoms with van der Waals surface area (Å²) in [6, 6.07) is 0.171. The highest BCUT2D eigenvalue weighted by Gasteiger charge is 2.50. The van der Waals surface area contributed by atoms with Crippen LogP contribution in [0.25, 0.3) is 0 Å². The van der Waals surface area contributed by atoms with Crippen molar-refractivity contribution in [2.45, 2.75) is 50.1 Å². The monoisotopic (exact) mass is 218 g/mol. The first-order valence-electron chi connectivity index (χ1n) is 5.45. The second-order valence-electron chi connectivity index (χ2n) is 4.52. The number of hydrogen-bond acceptors (Lipinski definition) is 2. The van der Waals surface area contributed by atoms with Crippen molar-refractivity contribution < 1.29 is 13.6 Å². The molecule has 1 aliphatic heterocycles. The maximum atomic E-state index is 13.0. The molecule has 86 valence electrons. The average molecular weight is 218 g/mol. The predicted molar refractivity (Wildman–Crippen MR) is 51.5 cm³/mol. The Morgan fingerprint density at radius 3 is 2.33 bits per heavy atom. The van der Waals surface area contributed by atoms with E-state index in [1.165, 1.54) is 4.90 Å². The second-order valence-corrected chi connectivity index (χ2v) is 4.52. The largest absolute Gasteiger partial charge is 0.334 e. The Balaban J connectivity index is 1.98. The molecule has 0 bridgehead atoms. The Labute approximate surface area is 87.6 Å². The van der Waals surface area contributed by atoms with Gasteiger partial charge in [0.05, 0.1) is 0 Å². The maximum Gasteiger partial charge on any atom is 0.326 e. The zero-order valence-corrected chi connectivity index (χ0v) is 8.59. The van der Waals surface area contributed by atoms with Crippen molar-refractivity contribution in [2.24, 2.45) is 5.73 Å². The molecule has 5 heteroatoms. The Morgan fingerprint density at radius 2 is 1.87 bits per heavy atom. The number of nitrogens with two attached hydrogens (primary N) is 1. The number of alkyl halides is 2. The fraction of sp³-hybridized carbons (Fsp3) is 0.900. The number of carbonyl (C=O) groups is 1. The Kier molecular flexibility index (Phi) is 2.66. The summed E-state index contributed by atoms with van der Waals surface area (Å²) >= 11 is 0. The normalized spacial score (nSPS) is 35.9. The lowest BCUT2D eigenvalue weighted by atomic mass is 9.91. The van der Waals surface area contributed by atoms with Crippen molar-refractivity contribution in [3.63, 3.8) is 0 Å². The van der Waals surface area contributed by atoms with Crippen molar-refractivity contribution in [3.05, 3.63) is 0 Å². The molecule has 3 nitrogen and oxygen atoms in total. The molecule has 2 N–H and O–H groups in total. The van der Waals surface area contributed by atoms with Gasteiger partial charge in [0.25, 0.3) is 5.91 Å². The average Bonchev–Trinajstić information content (AvgIpc) is 2.45. The van der Waals surface area contributed by atoms with Crippen molar-refractivity contribution in [2.75, 3.05) is 6.54 Å². The molecule has 2 aliphatic rings. The second kappa shape index (κ2) is 3.70. The lowest BCUT2D eigenvalue weighted by Crippen LogP contribution is -2.44. The molecular formula is C10H16F2N2O. The zero-order valence-electron chi connectivity index (χ0n) is 8.59. The highest BCUT2D eigenvalue weighted by atomic mass is 19.3. The van der Waals surface area contributed by atoms with Gasteiger partial charge in [0, 0.05) is 25.0 Å². The standard InChI is InChI=1S/C10H16F2N2O/c11-10(12)5-6-14(9(10)15)8-3-1-7(13)2-4-8/h7-8H,1-6,13H2. The predicted octanol–water partition coefficient (Wildman–Crippen LogP) is 1.12. The SMILES string of the molecule is NC1CCC(N2CCC(F)(F)C2=O)CC1. The molecule has 1 saturated heterocycles. The van der Waals surface area contributed by atoms with E-state index in [1.807, 2.05) is 0 Å². The fourth-order valence-corrected chi connectivity index (χ4v) is 2.44. The summed E-state index contributed by atoms with van der Waals surface area (Å²) in [4.78, 5) is 12.7. The molecule has 0 spiro atoms. The molecule has 0 aromatic rings. The van der Waals surface area contributed by atoms with E-state index in [1.54, 1.807) is 0 Å². The number of halogens is 2. The minimum absolute atomic E-state index is 0.00863. The van der Waals surface area contributed by atoms with E-state index in [9.17, 15) is 13.6 Å². The minimum atomic E-state index is -3.13. The molecule has 0 aromatic carbocycles. The molecule has 0 radical (unpaired) electrons. The summed E-state index contributed by atoms with van der Waals surface area (Å²) in [5.41, 5.74) is 5.73. The van der Waals surface area contributed by atoms with Gasteiger partial charge in [-0.2, -0.15) is 8.78 Å². The van der Waals surface area contributed by atoms with Gasteiger partial charge in [-0.25, -0.2) is 0 Å². The number of rotatable bonds is 1. The van der Waals surface area contributed by atoms with Gasteiger partial charge in [0.2, 0.25) is 0 Å². The van der Waals surface area contributed by atoms with Gasteiger partial charge >= 0.3 is 5.92 Å². The minimum Gasteiger partial charge on any atom is -0.334 e. The summed E-state index contributed by atoms with van der Waals surface area (Å²) < 4.78 is 26.0. The molecule has 1 amide bonds. The molecule has 15 heavy (non-hydrogen) atoms. The van der Waals surface area contributed by atoms with Crippen molar-refractivity contribution in [3.8, 4) is 0 Å². The topological polar surface area (TPSA) is 46.3 Å². The number of amides is 1. The third-order valence-electron chi connectivity index (χ3n) is 3.42. The molecular weight excluding hydrogens is 202 g/mol. The van der Waals surface area contributed by atoms with Crippen LogP contribution in [0.15, 0.2) is 0 Å². The van der Waals surface area contributed by atoms with Gasteiger partial charge in [-0.15, -0.1) is 0 Å². The highest BCUT2D eigenvalue weighted by Crippen LogP contribution is 2.33. The Bertz CT molecular complexity index is 262. The summed E-state index contributed by atoms with van der Waals surface area (Å²) in [7, 11) is 0. The van der Waals surface area contributed by atoms with Gasteiger partial charge in [-0.1, -0.05) is 0 Å². The Hall–Kier alpha value is -0.710. The van der Waals surface area contributed by atoms with E-state index in [2.05, 4.69) is 0 Å². The van der Waals surface area contributed by atoms with Crippen LogP contribution in [0.5, 0.6) is 0 Å². The van der Waals surface area contributed by atoms with Crippen LogP contribution in [0.1, 0.15) is 32.1 Å². The van der Waals surface area contributed by atoms with Crippen molar-refractivity contribution in [1.29, 1.82) is 0 Å². The number of hydrogen-bond donors (Lipinski definition) is 1. The molecule has 1 heterocycles. The van der Waals surface area contributed by atoms with Crippen LogP contribution in [-0.4, -0.2) is 35.4 Å². The molecule has 1 aliphatic carbocycles. The van der Waals surface area contributed by atoms with E-state index in [0.717, 1.165) is 25.7 Å². The van der Waals surface area contributed by atoms with E-state index in [-0.39, 0.29) is 25.0 Å². The van der Waals surface area contributed by atoms with Crippen LogP contribution in [-0.2, 0) is 4.79 Å². The van der Waals surface area contributed by atoms with Crippen LogP contribution >= 0.6 is 0 Å². The first-order valence-corrected chi connectivity index (χ1v) is 5.45. The van der Waals surface area contributed by atoms with E-state index < -0.39 is 11.8 Å². The van der Waals surface area contributed by atoms with E-state index in [4.69, 9.17) is 5.73 Å². The third kappa shape index (κ3) is 1.97. The number of nitrogens with zero attached hydrogens (tertiary/aromatic N) is 1. The fourth-order valence-electron chi connectivity index (χ4n) is 2.44. The molecule has 2 rings (SSSR count). The molecule has 0 aromatic heterocycles. The van der Waals surface area contributed by atoms with Crippen LogP contribution in [0.2, 0.25) is 0 Å².